The molecule has 1 saturated carbocycles. The van der Waals surface area contributed by atoms with Gasteiger partial charge < -0.3 is 15.5 Å². The van der Waals surface area contributed by atoms with Crippen molar-refractivity contribution < 1.29 is 4.79 Å². The zero-order valence-corrected chi connectivity index (χ0v) is 11.6. The Kier molecular flexibility index (Phi) is 4.87. The highest BCUT2D eigenvalue weighted by molar-refractivity contribution is 5.75. The predicted molar refractivity (Wildman–Crippen MR) is 73.7 cm³/mol. The molecule has 1 aliphatic carbocycles. The van der Waals surface area contributed by atoms with Crippen molar-refractivity contribution in [1.29, 1.82) is 0 Å². The van der Waals surface area contributed by atoms with Gasteiger partial charge in [0.05, 0.1) is 5.54 Å². The second-order valence-electron chi connectivity index (χ2n) is 5.70. The molecule has 1 spiro atoms. The fourth-order valence-corrected chi connectivity index (χ4v) is 3.29. The minimum atomic E-state index is 0.104. The summed E-state index contributed by atoms with van der Waals surface area (Å²) in [6.07, 6.45) is 8.40. The smallest absolute Gasteiger partial charge is 0.317 e. The van der Waals surface area contributed by atoms with Crippen molar-refractivity contribution in [1.82, 2.24) is 15.5 Å². The second-order valence-corrected chi connectivity index (χ2v) is 5.70. The summed E-state index contributed by atoms with van der Waals surface area (Å²) in [5.74, 6) is 0. The van der Waals surface area contributed by atoms with Crippen molar-refractivity contribution in [2.45, 2.75) is 57.4 Å². The number of urea groups is 1. The van der Waals surface area contributed by atoms with E-state index in [1.54, 1.807) is 0 Å². The van der Waals surface area contributed by atoms with E-state index < -0.39 is 0 Å². The van der Waals surface area contributed by atoms with Crippen LogP contribution in [0.2, 0.25) is 0 Å². The third-order valence-corrected chi connectivity index (χ3v) is 4.37. The average molecular weight is 253 g/mol. The highest BCUT2D eigenvalue weighted by atomic mass is 16.2. The quantitative estimate of drug-likeness (QED) is 0.757. The van der Waals surface area contributed by atoms with Gasteiger partial charge in [-0.15, -0.1) is 0 Å². The van der Waals surface area contributed by atoms with Crippen LogP contribution >= 0.6 is 0 Å². The highest BCUT2D eigenvalue weighted by Gasteiger charge is 2.41. The Morgan fingerprint density at radius 2 is 2.11 bits per heavy atom. The van der Waals surface area contributed by atoms with Gasteiger partial charge in [-0.25, -0.2) is 4.79 Å². The van der Waals surface area contributed by atoms with Crippen molar-refractivity contribution in [2.75, 3.05) is 26.2 Å². The van der Waals surface area contributed by atoms with Crippen LogP contribution in [0.15, 0.2) is 0 Å². The molecule has 2 aliphatic rings. The number of amides is 2. The molecule has 0 aromatic carbocycles. The number of hydrogen-bond donors (Lipinski definition) is 2. The fourth-order valence-electron chi connectivity index (χ4n) is 3.29. The van der Waals surface area contributed by atoms with E-state index >= 15 is 0 Å². The molecule has 0 aromatic rings. The van der Waals surface area contributed by atoms with Crippen LogP contribution in [0.1, 0.15) is 51.9 Å². The Balaban J connectivity index is 1.96. The Morgan fingerprint density at radius 3 is 2.83 bits per heavy atom. The Morgan fingerprint density at radius 1 is 1.33 bits per heavy atom. The van der Waals surface area contributed by atoms with Crippen LogP contribution < -0.4 is 10.6 Å². The first-order valence-electron chi connectivity index (χ1n) is 7.55. The molecular formula is C14H27N3O. The molecule has 2 rings (SSSR count). The number of carbonyl (C=O) groups is 1. The molecule has 1 saturated heterocycles. The van der Waals surface area contributed by atoms with Crippen LogP contribution in [0.3, 0.4) is 0 Å². The van der Waals surface area contributed by atoms with E-state index in [0.717, 1.165) is 39.0 Å². The number of nitrogens with one attached hydrogen (secondary N) is 2. The van der Waals surface area contributed by atoms with Gasteiger partial charge in [0, 0.05) is 26.2 Å². The third-order valence-electron chi connectivity index (χ3n) is 4.37. The van der Waals surface area contributed by atoms with E-state index in [0.29, 0.717) is 0 Å². The summed E-state index contributed by atoms with van der Waals surface area (Å²) in [4.78, 5) is 14.5. The average Bonchev–Trinajstić information content (AvgIpc) is 2.40. The number of piperazine rings is 1. The summed E-state index contributed by atoms with van der Waals surface area (Å²) in [5.41, 5.74) is 0.104. The number of unbranched alkanes of at least 4 members (excludes halogenated alkanes) is 1. The van der Waals surface area contributed by atoms with Crippen molar-refractivity contribution >= 4 is 6.03 Å². The lowest BCUT2D eigenvalue weighted by Crippen LogP contribution is -2.65. The molecule has 0 aromatic heterocycles. The summed E-state index contributed by atoms with van der Waals surface area (Å²) in [7, 11) is 0. The first kappa shape index (κ1) is 13.7. The zero-order valence-electron chi connectivity index (χ0n) is 11.6. The molecule has 4 heteroatoms. The van der Waals surface area contributed by atoms with Crippen LogP contribution in [0.25, 0.3) is 0 Å². The maximum absolute atomic E-state index is 12.3. The number of carbonyl (C=O) groups excluding carboxylic acids is 1. The number of hydrogen-bond acceptors (Lipinski definition) is 2. The summed E-state index contributed by atoms with van der Waals surface area (Å²) in [6, 6.07) is 0.159. The van der Waals surface area contributed by atoms with E-state index in [1.165, 1.54) is 32.1 Å². The molecule has 2 N–H and O–H groups in total. The molecule has 1 aliphatic heterocycles. The van der Waals surface area contributed by atoms with Crippen molar-refractivity contribution in [3.8, 4) is 0 Å². The first-order chi connectivity index (χ1) is 8.78. The van der Waals surface area contributed by atoms with Crippen LogP contribution in [0.4, 0.5) is 4.79 Å². The summed E-state index contributed by atoms with van der Waals surface area (Å²) in [5, 5.41) is 6.56. The number of nitrogens with zero attached hydrogens (tertiary/aromatic N) is 1. The van der Waals surface area contributed by atoms with Gasteiger partial charge in [-0.1, -0.05) is 32.6 Å². The van der Waals surface area contributed by atoms with Crippen molar-refractivity contribution in [3.05, 3.63) is 0 Å². The van der Waals surface area contributed by atoms with E-state index in [1.807, 2.05) is 0 Å². The van der Waals surface area contributed by atoms with E-state index in [4.69, 9.17) is 0 Å². The SMILES string of the molecule is CCCCNC(=O)N1CCNCC12CCCCC2. The van der Waals surface area contributed by atoms with Crippen LogP contribution in [-0.4, -0.2) is 42.6 Å². The molecule has 18 heavy (non-hydrogen) atoms. The van der Waals surface area contributed by atoms with Gasteiger partial charge in [-0.05, 0) is 19.3 Å². The lowest BCUT2D eigenvalue weighted by Gasteiger charge is -2.49. The monoisotopic (exact) mass is 253 g/mol. The maximum atomic E-state index is 12.3. The van der Waals surface area contributed by atoms with Crippen molar-refractivity contribution in [2.24, 2.45) is 0 Å². The second kappa shape index (κ2) is 6.41. The molecule has 2 fully saturated rings. The molecule has 0 radical (unpaired) electrons. The van der Waals surface area contributed by atoms with Gasteiger partial charge in [0.25, 0.3) is 0 Å². The molecule has 104 valence electrons. The Bertz CT molecular complexity index is 266. The van der Waals surface area contributed by atoms with Gasteiger partial charge in [-0.2, -0.15) is 0 Å². The number of rotatable bonds is 3. The fraction of sp³-hybridized carbons (Fsp3) is 0.929. The Labute approximate surface area is 110 Å². The highest BCUT2D eigenvalue weighted by Crippen LogP contribution is 2.34. The minimum absolute atomic E-state index is 0.104. The molecular weight excluding hydrogens is 226 g/mol. The molecule has 1 heterocycles. The zero-order chi connectivity index (χ0) is 12.8. The van der Waals surface area contributed by atoms with Gasteiger partial charge in [0.2, 0.25) is 0 Å². The van der Waals surface area contributed by atoms with Crippen LogP contribution in [0, 0.1) is 0 Å². The molecule has 4 nitrogen and oxygen atoms in total. The van der Waals surface area contributed by atoms with Gasteiger partial charge in [0.1, 0.15) is 0 Å². The lowest BCUT2D eigenvalue weighted by atomic mass is 9.79. The van der Waals surface area contributed by atoms with E-state index in [9.17, 15) is 4.79 Å². The van der Waals surface area contributed by atoms with Crippen LogP contribution in [-0.2, 0) is 0 Å². The minimum Gasteiger partial charge on any atom is -0.338 e. The van der Waals surface area contributed by atoms with Gasteiger partial charge in [0.15, 0.2) is 0 Å². The first-order valence-corrected chi connectivity index (χ1v) is 7.55. The summed E-state index contributed by atoms with van der Waals surface area (Å²) in [6.45, 7) is 5.74. The van der Waals surface area contributed by atoms with Crippen LogP contribution in [0.5, 0.6) is 0 Å². The largest absolute Gasteiger partial charge is 0.338 e. The lowest BCUT2D eigenvalue weighted by molar-refractivity contribution is 0.0570. The molecule has 0 bridgehead atoms. The molecule has 0 unspecified atom stereocenters. The van der Waals surface area contributed by atoms with E-state index in [2.05, 4.69) is 22.5 Å². The topological polar surface area (TPSA) is 44.4 Å². The van der Waals surface area contributed by atoms with Gasteiger partial charge >= 0.3 is 6.03 Å². The molecule has 2 amide bonds. The van der Waals surface area contributed by atoms with E-state index in [-0.39, 0.29) is 11.6 Å². The van der Waals surface area contributed by atoms with Gasteiger partial charge in [-0.3, -0.25) is 0 Å². The summed E-state index contributed by atoms with van der Waals surface area (Å²) < 4.78 is 0. The normalized spacial score (nSPS) is 23.1. The maximum Gasteiger partial charge on any atom is 0.317 e. The summed E-state index contributed by atoms with van der Waals surface area (Å²) >= 11 is 0. The predicted octanol–water partition coefficient (Wildman–Crippen LogP) is 2.10. The third kappa shape index (κ3) is 2.97. The van der Waals surface area contributed by atoms with Crippen molar-refractivity contribution in [3.63, 3.8) is 0 Å². The standard InChI is InChI=1S/C14H27N3O/c1-2-3-9-16-13(18)17-11-10-15-12-14(17)7-5-4-6-8-14/h15H,2-12H2,1H3,(H,16,18). The molecule has 0 atom stereocenters. The Hall–Kier alpha value is -0.770.